The molecule has 0 N–H and O–H groups in total. The third-order valence-electron chi connectivity index (χ3n) is 3.05. The van der Waals surface area contributed by atoms with Crippen molar-refractivity contribution in [2.75, 3.05) is 6.26 Å². The van der Waals surface area contributed by atoms with Crippen LogP contribution in [-0.2, 0) is 0 Å². The lowest BCUT2D eigenvalue weighted by Gasteiger charge is -2.04. The summed E-state index contributed by atoms with van der Waals surface area (Å²) in [6, 6.07) is 12.6. The number of hydrogen-bond acceptors (Lipinski definition) is 2. The van der Waals surface area contributed by atoms with Crippen molar-refractivity contribution < 1.29 is 0 Å². The van der Waals surface area contributed by atoms with Crippen LogP contribution in [0, 0.1) is 27.7 Å². The largest absolute Gasteiger partial charge is 0.143 e. The Morgan fingerprint density at radius 2 is 1.11 bits per heavy atom. The zero-order valence-corrected chi connectivity index (χ0v) is 14.0. The lowest BCUT2D eigenvalue weighted by molar-refractivity contribution is 1.22. The van der Waals surface area contributed by atoms with Gasteiger partial charge >= 0.3 is 0 Å². The lowest BCUT2D eigenvalue weighted by atomic mass is 10.2. The van der Waals surface area contributed by atoms with Crippen LogP contribution in [-0.4, -0.2) is 6.26 Å². The van der Waals surface area contributed by atoms with E-state index in [0.717, 1.165) is 4.90 Å². The first-order chi connectivity index (χ1) is 8.97. The van der Waals surface area contributed by atoms with Gasteiger partial charge in [0.1, 0.15) is 0 Å². The summed E-state index contributed by atoms with van der Waals surface area (Å²) in [6.45, 7) is 8.43. The van der Waals surface area contributed by atoms with Crippen LogP contribution in [0.25, 0.3) is 0 Å². The third-order valence-corrected chi connectivity index (χ3v) is 4.81. The van der Waals surface area contributed by atoms with Gasteiger partial charge in [-0.2, -0.15) is 0 Å². The molecule has 0 radical (unpaired) electrons. The molecule has 0 aliphatic rings. The molecule has 0 heterocycles. The molecule has 2 rings (SSSR count). The van der Waals surface area contributed by atoms with E-state index < -0.39 is 0 Å². The van der Waals surface area contributed by atoms with Crippen LogP contribution in [0.5, 0.6) is 0 Å². The molecule has 0 aliphatic heterocycles. The highest BCUT2D eigenvalue weighted by Gasteiger charge is 1.97. The van der Waals surface area contributed by atoms with Crippen LogP contribution in [0.2, 0.25) is 0 Å². The van der Waals surface area contributed by atoms with E-state index in [1.54, 1.807) is 0 Å². The van der Waals surface area contributed by atoms with Gasteiger partial charge in [-0.25, -0.2) is 0 Å². The van der Waals surface area contributed by atoms with Crippen molar-refractivity contribution in [3.63, 3.8) is 0 Å². The van der Waals surface area contributed by atoms with E-state index in [-0.39, 0.29) is 0 Å². The minimum Gasteiger partial charge on any atom is -0.143 e. The Morgan fingerprint density at radius 1 is 0.737 bits per heavy atom. The van der Waals surface area contributed by atoms with Crippen LogP contribution < -0.4 is 0 Å². The fourth-order valence-corrected chi connectivity index (χ4v) is 2.86. The first kappa shape index (κ1) is 16.2. The first-order valence-corrected chi connectivity index (χ1v) is 8.00. The van der Waals surface area contributed by atoms with Crippen molar-refractivity contribution in [2.24, 2.45) is 0 Å². The average molecular weight is 290 g/mol. The minimum atomic E-state index is 1.11. The molecule has 0 bridgehead atoms. The number of benzene rings is 2. The number of hydrogen-bond donors (Lipinski definition) is 1. The molecule has 102 valence electrons. The van der Waals surface area contributed by atoms with E-state index in [0.29, 0.717) is 0 Å². The van der Waals surface area contributed by atoms with Gasteiger partial charge < -0.3 is 0 Å². The predicted octanol–water partition coefficient (Wildman–Crippen LogP) is 5.62. The van der Waals surface area contributed by atoms with Gasteiger partial charge in [-0.05, 0) is 56.2 Å². The molecule has 2 heteroatoms. The van der Waals surface area contributed by atoms with Crippen molar-refractivity contribution in [2.45, 2.75) is 37.5 Å². The molecule has 0 saturated carbocycles. The maximum Gasteiger partial charge on any atom is 0.0128 e. The summed E-state index contributed by atoms with van der Waals surface area (Å²) in [7, 11) is 0. The van der Waals surface area contributed by atoms with Crippen LogP contribution in [0.3, 0.4) is 0 Å². The van der Waals surface area contributed by atoms with Gasteiger partial charge in [0.05, 0.1) is 0 Å². The van der Waals surface area contributed by atoms with Gasteiger partial charge in [-0.15, -0.1) is 24.4 Å². The van der Waals surface area contributed by atoms with Crippen molar-refractivity contribution >= 4 is 24.4 Å². The second-order valence-electron chi connectivity index (χ2n) is 4.67. The Labute approximate surface area is 127 Å². The second kappa shape index (κ2) is 7.66. The fourth-order valence-electron chi connectivity index (χ4n) is 1.93. The molecule has 2 aromatic rings. The molecule has 0 unspecified atom stereocenters. The molecule has 0 fully saturated rings. The van der Waals surface area contributed by atoms with Crippen molar-refractivity contribution in [3.8, 4) is 0 Å². The maximum atomic E-state index is 4.31. The summed E-state index contributed by atoms with van der Waals surface area (Å²) >= 11 is 6.13. The van der Waals surface area contributed by atoms with Gasteiger partial charge in [0.2, 0.25) is 0 Å². The van der Waals surface area contributed by atoms with Gasteiger partial charge in [0.15, 0.2) is 0 Å². The highest BCUT2D eigenvalue weighted by atomic mass is 32.2. The zero-order chi connectivity index (χ0) is 14.4. The highest BCUT2D eigenvalue weighted by Crippen LogP contribution is 2.23. The number of rotatable bonds is 1. The summed E-state index contributed by atoms with van der Waals surface area (Å²) in [5.41, 5.74) is 5.26. The Kier molecular flexibility index (Phi) is 6.53. The first-order valence-electron chi connectivity index (χ1n) is 6.32. The van der Waals surface area contributed by atoms with E-state index in [1.807, 2.05) is 17.8 Å². The molecular formula is C17H22S2. The van der Waals surface area contributed by atoms with Crippen LogP contribution in [0.15, 0.2) is 46.2 Å². The van der Waals surface area contributed by atoms with Crippen LogP contribution >= 0.6 is 24.4 Å². The Bertz CT molecular complexity index is 504. The molecule has 2 aromatic carbocycles. The Morgan fingerprint density at radius 3 is 1.37 bits per heavy atom. The summed E-state index contributed by atoms with van der Waals surface area (Å²) in [6.07, 6.45) is 2.12. The van der Waals surface area contributed by atoms with E-state index in [2.05, 4.69) is 76.9 Å². The number of aryl methyl sites for hydroxylation is 4. The van der Waals surface area contributed by atoms with E-state index >= 15 is 0 Å². The van der Waals surface area contributed by atoms with Gasteiger partial charge in [-0.1, -0.05) is 36.4 Å². The predicted molar refractivity (Wildman–Crippen MR) is 90.9 cm³/mol. The highest BCUT2D eigenvalue weighted by molar-refractivity contribution is 7.98. The fraction of sp³-hybridized carbons (Fsp3) is 0.294. The molecule has 0 amide bonds. The number of thioether (sulfide) groups is 1. The average Bonchev–Trinajstić information content (AvgIpc) is 2.37. The van der Waals surface area contributed by atoms with Gasteiger partial charge in [0, 0.05) is 9.79 Å². The zero-order valence-electron chi connectivity index (χ0n) is 12.3. The standard InChI is InChI=1S/C9H12S.C8H10S/c1-7-5-4-6-8(2)9(7)10-3;1-6-4-3-5-7(2)8(6)9/h4-6H,1-3H3;3-5,9H,1-2H3. The third kappa shape index (κ3) is 4.63. The summed E-state index contributed by atoms with van der Waals surface area (Å²) < 4.78 is 0. The molecule has 0 saturated heterocycles. The molecule has 0 atom stereocenters. The van der Waals surface area contributed by atoms with E-state index in [9.17, 15) is 0 Å². The van der Waals surface area contributed by atoms with Crippen molar-refractivity contribution in [1.82, 2.24) is 0 Å². The van der Waals surface area contributed by atoms with E-state index in [1.165, 1.54) is 27.1 Å². The summed E-state index contributed by atoms with van der Waals surface area (Å²) in [5.74, 6) is 0. The summed E-state index contributed by atoms with van der Waals surface area (Å²) in [5, 5.41) is 0. The Balaban J connectivity index is 0.000000191. The lowest BCUT2D eigenvalue weighted by Crippen LogP contribution is -1.81. The van der Waals surface area contributed by atoms with Crippen molar-refractivity contribution in [3.05, 3.63) is 58.7 Å². The SMILES string of the molecule is CSc1c(C)cccc1C.Cc1cccc(C)c1S. The molecule has 0 aliphatic carbocycles. The molecule has 0 spiro atoms. The van der Waals surface area contributed by atoms with Crippen molar-refractivity contribution in [1.29, 1.82) is 0 Å². The van der Waals surface area contributed by atoms with E-state index in [4.69, 9.17) is 0 Å². The van der Waals surface area contributed by atoms with Crippen LogP contribution in [0.1, 0.15) is 22.3 Å². The quantitative estimate of drug-likeness (QED) is 0.525. The van der Waals surface area contributed by atoms with Crippen LogP contribution in [0.4, 0.5) is 0 Å². The minimum absolute atomic E-state index is 1.11. The molecule has 0 nitrogen and oxygen atoms in total. The second-order valence-corrected chi connectivity index (χ2v) is 5.93. The molecule has 0 aromatic heterocycles. The Hall–Kier alpha value is -0.860. The normalized spacial score (nSPS) is 9.79. The van der Waals surface area contributed by atoms with Gasteiger partial charge in [-0.3, -0.25) is 0 Å². The molecular weight excluding hydrogens is 268 g/mol. The molecule has 19 heavy (non-hydrogen) atoms. The number of thiol groups is 1. The topological polar surface area (TPSA) is 0 Å². The maximum absolute atomic E-state index is 4.31. The smallest absolute Gasteiger partial charge is 0.0128 e. The summed E-state index contributed by atoms with van der Waals surface area (Å²) in [4.78, 5) is 2.53. The monoisotopic (exact) mass is 290 g/mol. The van der Waals surface area contributed by atoms with Gasteiger partial charge in [0.25, 0.3) is 0 Å².